The smallest absolute Gasteiger partial charge is 0.180 e. The third-order valence-corrected chi connectivity index (χ3v) is 3.69. The zero-order valence-corrected chi connectivity index (χ0v) is 13.7. The number of aromatic nitrogens is 3. The van der Waals surface area contributed by atoms with E-state index in [-0.39, 0.29) is 12.2 Å². The van der Waals surface area contributed by atoms with E-state index in [9.17, 15) is 0 Å². The molecular formula is C14H28N4O2. The van der Waals surface area contributed by atoms with Crippen molar-refractivity contribution < 1.29 is 9.47 Å². The highest BCUT2D eigenvalue weighted by Crippen LogP contribution is 2.20. The Morgan fingerprint density at radius 3 is 1.75 bits per heavy atom. The standard InChI is InChI=1S/C14H28N4O2/c1-8-12(9(2)3)17-18-13(10(4)19-6)15-16-14(18)11(5)20-7/h9-12,17H,8H2,1-7H3/t10-,11-,12?/m0/s1. The maximum absolute atomic E-state index is 5.38. The van der Waals surface area contributed by atoms with Crippen LogP contribution in [0.15, 0.2) is 0 Å². The Balaban J connectivity index is 3.13. The molecule has 6 heteroatoms. The van der Waals surface area contributed by atoms with E-state index in [0.29, 0.717) is 12.0 Å². The third-order valence-electron chi connectivity index (χ3n) is 3.69. The molecule has 1 heterocycles. The molecule has 6 nitrogen and oxygen atoms in total. The largest absolute Gasteiger partial charge is 0.374 e. The van der Waals surface area contributed by atoms with E-state index in [1.54, 1.807) is 14.2 Å². The molecule has 0 saturated heterocycles. The summed E-state index contributed by atoms with van der Waals surface area (Å²) in [7, 11) is 3.34. The van der Waals surface area contributed by atoms with Gasteiger partial charge in [-0.25, -0.2) is 4.68 Å². The summed E-state index contributed by atoms with van der Waals surface area (Å²) in [6.45, 7) is 10.5. The van der Waals surface area contributed by atoms with Gasteiger partial charge >= 0.3 is 0 Å². The van der Waals surface area contributed by atoms with E-state index in [4.69, 9.17) is 9.47 Å². The molecule has 20 heavy (non-hydrogen) atoms. The van der Waals surface area contributed by atoms with Crippen LogP contribution < -0.4 is 5.43 Å². The minimum absolute atomic E-state index is 0.127. The Hall–Kier alpha value is -1.14. The van der Waals surface area contributed by atoms with Crippen LogP contribution in [-0.2, 0) is 9.47 Å². The SMILES string of the molecule is CCC(Nn1c([C@H](C)OC)nnc1[C@H](C)OC)C(C)C. The van der Waals surface area contributed by atoms with Crippen LogP contribution in [0.3, 0.4) is 0 Å². The molecule has 1 aromatic rings. The van der Waals surface area contributed by atoms with Crippen molar-refractivity contribution in [2.24, 2.45) is 5.92 Å². The minimum Gasteiger partial charge on any atom is -0.374 e. The van der Waals surface area contributed by atoms with Crippen molar-refractivity contribution in [3.63, 3.8) is 0 Å². The Kier molecular flexibility index (Phi) is 6.42. The van der Waals surface area contributed by atoms with Gasteiger partial charge in [0, 0.05) is 20.3 Å². The molecule has 0 saturated carbocycles. The second-order valence-electron chi connectivity index (χ2n) is 5.40. The van der Waals surface area contributed by atoms with E-state index < -0.39 is 0 Å². The number of methoxy groups -OCH3 is 2. The number of nitrogens with one attached hydrogen (secondary N) is 1. The molecular weight excluding hydrogens is 256 g/mol. The fourth-order valence-corrected chi connectivity index (χ4v) is 2.06. The van der Waals surface area contributed by atoms with Crippen LogP contribution in [0.2, 0.25) is 0 Å². The molecule has 0 radical (unpaired) electrons. The van der Waals surface area contributed by atoms with Crippen LogP contribution in [0.4, 0.5) is 0 Å². The lowest BCUT2D eigenvalue weighted by Gasteiger charge is -2.26. The first kappa shape index (κ1) is 16.9. The molecule has 0 aliphatic carbocycles. The predicted octanol–water partition coefficient (Wildman–Crippen LogP) is 2.67. The molecule has 0 amide bonds. The van der Waals surface area contributed by atoms with E-state index in [1.807, 2.05) is 18.5 Å². The van der Waals surface area contributed by atoms with Crippen LogP contribution >= 0.6 is 0 Å². The first-order valence-corrected chi connectivity index (χ1v) is 7.23. The van der Waals surface area contributed by atoms with E-state index >= 15 is 0 Å². The topological polar surface area (TPSA) is 61.2 Å². The van der Waals surface area contributed by atoms with Gasteiger partial charge in [0.2, 0.25) is 0 Å². The summed E-state index contributed by atoms with van der Waals surface area (Å²) in [4.78, 5) is 0. The summed E-state index contributed by atoms with van der Waals surface area (Å²) in [5.74, 6) is 2.05. The first-order chi connectivity index (χ1) is 9.46. The van der Waals surface area contributed by atoms with E-state index in [1.165, 1.54) is 0 Å². The quantitative estimate of drug-likeness (QED) is 0.795. The Labute approximate surface area is 121 Å². The van der Waals surface area contributed by atoms with Gasteiger partial charge in [0.25, 0.3) is 0 Å². The molecule has 0 aliphatic rings. The van der Waals surface area contributed by atoms with Gasteiger partial charge in [-0.05, 0) is 26.2 Å². The second kappa shape index (κ2) is 7.59. The monoisotopic (exact) mass is 284 g/mol. The van der Waals surface area contributed by atoms with Crippen molar-refractivity contribution >= 4 is 0 Å². The number of hydrogen-bond acceptors (Lipinski definition) is 5. The van der Waals surface area contributed by atoms with Gasteiger partial charge in [0.15, 0.2) is 11.6 Å². The lowest BCUT2D eigenvalue weighted by molar-refractivity contribution is 0.101. The highest BCUT2D eigenvalue weighted by atomic mass is 16.5. The normalized spacial score (nSPS) is 16.2. The zero-order valence-electron chi connectivity index (χ0n) is 13.7. The molecule has 1 rings (SSSR count). The fourth-order valence-electron chi connectivity index (χ4n) is 2.06. The van der Waals surface area contributed by atoms with Gasteiger partial charge in [-0.3, -0.25) is 0 Å². The molecule has 3 atom stereocenters. The van der Waals surface area contributed by atoms with E-state index in [0.717, 1.165) is 18.1 Å². The van der Waals surface area contributed by atoms with Crippen molar-refractivity contribution in [3.8, 4) is 0 Å². The maximum atomic E-state index is 5.38. The molecule has 1 aromatic heterocycles. The number of ether oxygens (including phenoxy) is 2. The number of nitrogens with zero attached hydrogens (tertiary/aromatic N) is 3. The van der Waals surface area contributed by atoms with Crippen molar-refractivity contribution in [1.82, 2.24) is 14.9 Å². The lowest BCUT2D eigenvalue weighted by Crippen LogP contribution is -2.35. The first-order valence-electron chi connectivity index (χ1n) is 7.23. The van der Waals surface area contributed by atoms with Crippen molar-refractivity contribution in [1.29, 1.82) is 0 Å². The molecule has 0 aromatic carbocycles. The van der Waals surface area contributed by atoms with Gasteiger partial charge in [-0.1, -0.05) is 20.8 Å². The van der Waals surface area contributed by atoms with Crippen molar-refractivity contribution in [2.45, 2.75) is 59.3 Å². The summed E-state index contributed by atoms with van der Waals surface area (Å²) in [6.07, 6.45) is 0.771. The van der Waals surface area contributed by atoms with Crippen molar-refractivity contribution in [3.05, 3.63) is 11.6 Å². The fraction of sp³-hybridized carbons (Fsp3) is 0.857. The molecule has 0 spiro atoms. The molecule has 0 aliphatic heterocycles. The number of hydrogen-bond donors (Lipinski definition) is 1. The van der Waals surface area contributed by atoms with Crippen LogP contribution in [0.25, 0.3) is 0 Å². The van der Waals surface area contributed by atoms with Gasteiger partial charge in [-0.15, -0.1) is 10.2 Å². The summed E-state index contributed by atoms with van der Waals surface area (Å²) in [6, 6.07) is 0.344. The van der Waals surface area contributed by atoms with Crippen molar-refractivity contribution in [2.75, 3.05) is 19.6 Å². The molecule has 0 fully saturated rings. The van der Waals surface area contributed by atoms with Crippen LogP contribution in [-0.4, -0.2) is 35.1 Å². The Morgan fingerprint density at radius 1 is 1.00 bits per heavy atom. The average Bonchev–Trinajstić information content (AvgIpc) is 2.86. The average molecular weight is 284 g/mol. The van der Waals surface area contributed by atoms with Gasteiger partial charge < -0.3 is 14.9 Å². The third kappa shape index (κ3) is 3.70. The Bertz CT molecular complexity index is 378. The summed E-state index contributed by atoms with van der Waals surface area (Å²) < 4.78 is 12.7. The Morgan fingerprint density at radius 2 is 1.45 bits per heavy atom. The summed E-state index contributed by atoms with van der Waals surface area (Å²) in [5, 5.41) is 8.50. The summed E-state index contributed by atoms with van der Waals surface area (Å²) >= 11 is 0. The highest BCUT2D eigenvalue weighted by molar-refractivity contribution is 5.05. The zero-order chi connectivity index (χ0) is 15.3. The van der Waals surface area contributed by atoms with Gasteiger partial charge in [0.05, 0.1) is 0 Å². The molecule has 0 bridgehead atoms. The highest BCUT2D eigenvalue weighted by Gasteiger charge is 2.23. The minimum atomic E-state index is -0.127. The lowest BCUT2D eigenvalue weighted by atomic mass is 10.0. The number of rotatable bonds is 8. The van der Waals surface area contributed by atoms with Gasteiger partial charge in [-0.2, -0.15) is 0 Å². The predicted molar refractivity (Wildman–Crippen MR) is 79.1 cm³/mol. The molecule has 1 unspecified atom stereocenters. The van der Waals surface area contributed by atoms with Gasteiger partial charge in [0.1, 0.15) is 12.2 Å². The maximum Gasteiger partial charge on any atom is 0.180 e. The van der Waals surface area contributed by atoms with Crippen LogP contribution in [0.5, 0.6) is 0 Å². The van der Waals surface area contributed by atoms with E-state index in [2.05, 4.69) is 36.4 Å². The molecule has 116 valence electrons. The van der Waals surface area contributed by atoms with Crippen LogP contribution in [0, 0.1) is 5.92 Å². The second-order valence-corrected chi connectivity index (χ2v) is 5.40. The van der Waals surface area contributed by atoms with Crippen LogP contribution in [0.1, 0.15) is 64.9 Å². The summed E-state index contributed by atoms with van der Waals surface area (Å²) in [5.41, 5.74) is 3.51. The molecule has 1 N–H and O–H groups in total.